The minimum atomic E-state index is -0.480. The van der Waals surface area contributed by atoms with Gasteiger partial charge in [-0.15, -0.1) is 0 Å². The van der Waals surface area contributed by atoms with Gasteiger partial charge in [0.25, 0.3) is 11.5 Å². The lowest BCUT2D eigenvalue weighted by molar-refractivity contribution is 0.102. The third kappa shape index (κ3) is 3.93. The minimum absolute atomic E-state index is 0.0975. The van der Waals surface area contributed by atoms with Gasteiger partial charge in [-0.3, -0.25) is 9.59 Å². The fraction of sp³-hybridized carbons (Fsp3) is 0.154. The first kappa shape index (κ1) is 21.4. The number of anilines is 3. The highest BCUT2D eigenvalue weighted by atomic mass is 32.1. The van der Waals surface area contributed by atoms with E-state index in [4.69, 9.17) is 4.98 Å². The smallest absolute Gasteiger partial charge is 0.276 e. The summed E-state index contributed by atoms with van der Waals surface area (Å²) in [4.78, 5) is 30.7. The molecule has 1 aliphatic rings. The summed E-state index contributed by atoms with van der Waals surface area (Å²) in [5, 5.41) is 6.67. The van der Waals surface area contributed by atoms with Crippen molar-refractivity contribution in [3.8, 4) is 0 Å². The quantitative estimate of drug-likeness (QED) is 0.329. The van der Waals surface area contributed by atoms with Crippen LogP contribution in [0.3, 0.4) is 0 Å². The lowest BCUT2D eigenvalue weighted by Gasteiger charge is -2.16. The summed E-state index contributed by atoms with van der Waals surface area (Å²) >= 11 is 1.14. The molecule has 0 saturated heterocycles. The molecule has 0 spiro atoms. The zero-order valence-electron chi connectivity index (χ0n) is 18.7. The Morgan fingerprint density at radius 1 is 1.09 bits per heavy atom. The number of rotatable bonds is 5. The van der Waals surface area contributed by atoms with Crippen molar-refractivity contribution < 1.29 is 9.18 Å². The van der Waals surface area contributed by atoms with Crippen molar-refractivity contribution >= 4 is 55.8 Å². The van der Waals surface area contributed by atoms with Crippen LogP contribution in [0.15, 0.2) is 65.5 Å². The number of aryl methyl sites for hydroxylation is 1. The maximum atomic E-state index is 13.9. The molecule has 0 atom stereocenters. The van der Waals surface area contributed by atoms with Gasteiger partial charge < -0.3 is 15.2 Å². The molecule has 2 aromatic carbocycles. The Bertz CT molecular complexity index is 1690. The number of para-hydroxylation sites is 1. The molecule has 1 aliphatic carbocycles. The van der Waals surface area contributed by atoms with E-state index in [9.17, 15) is 14.0 Å². The highest BCUT2D eigenvalue weighted by Gasteiger charge is 2.27. The van der Waals surface area contributed by atoms with E-state index in [1.807, 2.05) is 31.2 Å². The number of fused-ring (bicyclic) bond motifs is 2. The van der Waals surface area contributed by atoms with Crippen LogP contribution in [0.5, 0.6) is 0 Å². The van der Waals surface area contributed by atoms with Gasteiger partial charge in [0, 0.05) is 23.2 Å². The molecule has 7 nitrogen and oxygen atoms in total. The topological polar surface area (TPSA) is 88.9 Å². The standard InChI is InChI=1S/C26H20FN5O2S/c1-14-4-2-3-5-18(14)28-25-20(13-21-19(29-25)9-11-23(33)32(21)16-7-8-16)30-26(34)24-17-12-15(27)6-10-22(17)35-31-24/h2-6,9-13,16H,7-8H2,1H3,(H,28,29)(H,30,34). The van der Waals surface area contributed by atoms with Crippen molar-refractivity contribution in [1.82, 2.24) is 13.9 Å². The number of halogens is 1. The van der Waals surface area contributed by atoms with Crippen LogP contribution >= 0.6 is 11.5 Å². The number of benzene rings is 2. The number of carbonyl (C=O) groups excluding carboxylic acids is 1. The van der Waals surface area contributed by atoms with Gasteiger partial charge in [0.05, 0.1) is 21.4 Å². The molecule has 1 amide bonds. The molecule has 174 valence electrons. The van der Waals surface area contributed by atoms with Crippen molar-refractivity contribution in [2.75, 3.05) is 10.6 Å². The lowest BCUT2D eigenvalue weighted by Crippen LogP contribution is -2.20. The number of hydrogen-bond acceptors (Lipinski definition) is 6. The number of pyridine rings is 2. The molecular formula is C26H20FN5O2S. The second-order valence-corrected chi connectivity index (χ2v) is 9.43. The molecular weight excluding hydrogens is 465 g/mol. The van der Waals surface area contributed by atoms with Gasteiger partial charge in [-0.05, 0) is 73.3 Å². The molecule has 0 unspecified atom stereocenters. The van der Waals surface area contributed by atoms with E-state index < -0.39 is 11.7 Å². The third-order valence-corrected chi connectivity index (χ3v) is 6.94. The Labute approximate surface area is 203 Å². The highest BCUT2D eigenvalue weighted by molar-refractivity contribution is 7.13. The van der Waals surface area contributed by atoms with E-state index in [2.05, 4.69) is 15.0 Å². The van der Waals surface area contributed by atoms with E-state index in [0.717, 1.165) is 35.6 Å². The van der Waals surface area contributed by atoms with Gasteiger partial charge >= 0.3 is 0 Å². The van der Waals surface area contributed by atoms with Crippen LogP contribution in [0, 0.1) is 12.7 Å². The largest absolute Gasteiger partial charge is 0.338 e. The average molecular weight is 486 g/mol. The van der Waals surface area contributed by atoms with Gasteiger partial charge in [0.2, 0.25) is 0 Å². The molecule has 2 N–H and O–H groups in total. The van der Waals surface area contributed by atoms with Crippen molar-refractivity contribution in [3.05, 3.63) is 88.1 Å². The van der Waals surface area contributed by atoms with Crippen LogP contribution < -0.4 is 16.2 Å². The minimum Gasteiger partial charge on any atom is -0.338 e. The van der Waals surface area contributed by atoms with Gasteiger partial charge in [-0.25, -0.2) is 9.37 Å². The van der Waals surface area contributed by atoms with Crippen molar-refractivity contribution in [2.24, 2.45) is 0 Å². The van der Waals surface area contributed by atoms with Crippen LogP contribution in [-0.2, 0) is 0 Å². The molecule has 0 bridgehead atoms. The first-order valence-electron chi connectivity index (χ1n) is 11.2. The van der Waals surface area contributed by atoms with Gasteiger partial charge in [-0.2, -0.15) is 4.37 Å². The van der Waals surface area contributed by atoms with E-state index in [1.54, 1.807) is 22.8 Å². The number of aromatic nitrogens is 3. The molecule has 5 aromatic rings. The van der Waals surface area contributed by atoms with Gasteiger partial charge in [0.15, 0.2) is 5.82 Å². The number of hydrogen-bond donors (Lipinski definition) is 2. The van der Waals surface area contributed by atoms with Gasteiger partial charge in [0.1, 0.15) is 11.5 Å². The summed E-state index contributed by atoms with van der Waals surface area (Å²) < 4.78 is 20.6. The predicted octanol–water partition coefficient (Wildman–Crippen LogP) is 5.78. The van der Waals surface area contributed by atoms with Crippen molar-refractivity contribution in [1.29, 1.82) is 0 Å². The fourth-order valence-electron chi connectivity index (χ4n) is 4.18. The Balaban J connectivity index is 1.48. The summed E-state index contributed by atoms with van der Waals surface area (Å²) in [6.07, 6.45) is 1.86. The predicted molar refractivity (Wildman–Crippen MR) is 136 cm³/mol. The second-order valence-electron chi connectivity index (χ2n) is 8.63. The van der Waals surface area contributed by atoms with Gasteiger partial charge in [-0.1, -0.05) is 18.2 Å². The zero-order valence-corrected chi connectivity index (χ0v) is 19.5. The van der Waals surface area contributed by atoms with E-state index in [1.165, 1.54) is 18.2 Å². The van der Waals surface area contributed by atoms with Crippen LogP contribution in [-0.4, -0.2) is 19.8 Å². The summed E-state index contributed by atoms with van der Waals surface area (Å²) in [7, 11) is 0. The molecule has 9 heteroatoms. The monoisotopic (exact) mass is 485 g/mol. The van der Waals surface area contributed by atoms with Crippen LogP contribution in [0.2, 0.25) is 0 Å². The Hall–Kier alpha value is -4.11. The Morgan fingerprint density at radius 3 is 2.71 bits per heavy atom. The molecule has 0 aliphatic heterocycles. The van der Waals surface area contributed by atoms with Crippen LogP contribution in [0.4, 0.5) is 21.6 Å². The SMILES string of the molecule is Cc1ccccc1Nc1nc2ccc(=O)n(C3CC3)c2cc1NC(=O)c1nsc2ccc(F)cc12. The van der Waals surface area contributed by atoms with Crippen molar-refractivity contribution in [3.63, 3.8) is 0 Å². The van der Waals surface area contributed by atoms with E-state index in [-0.39, 0.29) is 17.3 Å². The number of amides is 1. The fourth-order valence-corrected chi connectivity index (χ4v) is 4.93. The third-order valence-electron chi connectivity index (χ3n) is 6.12. The van der Waals surface area contributed by atoms with Crippen LogP contribution in [0.25, 0.3) is 21.1 Å². The summed E-state index contributed by atoms with van der Waals surface area (Å²) in [5.74, 6) is -0.478. The maximum absolute atomic E-state index is 13.9. The number of nitrogens with one attached hydrogen (secondary N) is 2. The molecule has 3 heterocycles. The molecule has 3 aromatic heterocycles. The van der Waals surface area contributed by atoms with Crippen LogP contribution in [0.1, 0.15) is 34.9 Å². The molecule has 35 heavy (non-hydrogen) atoms. The molecule has 0 radical (unpaired) electrons. The highest BCUT2D eigenvalue weighted by Crippen LogP contribution is 2.37. The van der Waals surface area contributed by atoms with E-state index in [0.29, 0.717) is 32.6 Å². The van der Waals surface area contributed by atoms with Crippen molar-refractivity contribution in [2.45, 2.75) is 25.8 Å². The lowest BCUT2D eigenvalue weighted by atomic mass is 10.2. The maximum Gasteiger partial charge on any atom is 0.276 e. The second kappa shape index (κ2) is 8.28. The summed E-state index contributed by atoms with van der Waals surface area (Å²) in [6.45, 7) is 1.97. The first-order chi connectivity index (χ1) is 17.0. The first-order valence-corrected chi connectivity index (χ1v) is 12.0. The average Bonchev–Trinajstić information content (AvgIpc) is 3.59. The Kier molecular flexibility index (Phi) is 5.07. The van der Waals surface area contributed by atoms with E-state index >= 15 is 0 Å². The molecule has 1 fully saturated rings. The molecule has 1 saturated carbocycles. The Morgan fingerprint density at radius 2 is 1.91 bits per heavy atom. The number of carbonyl (C=O) groups is 1. The molecule has 6 rings (SSSR count). The zero-order chi connectivity index (χ0) is 24.1. The summed E-state index contributed by atoms with van der Waals surface area (Å²) in [6, 6.07) is 17.1. The number of nitrogens with zero attached hydrogens (tertiary/aromatic N) is 3. The summed E-state index contributed by atoms with van der Waals surface area (Å²) in [5.41, 5.74) is 3.59. The normalized spacial score (nSPS) is 13.3.